The number of amides is 3. The quantitative estimate of drug-likeness (QED) is 0.610. The maximum atomic E-state index is 13.3. The van der Waals surface area contributed by atoms with Crippen LogP contribution in [0.3, 0.4) is 0 Å². The van der Waals surface area contributed by atoms with Crippen LogP contribution < -0.4 is 20.7 Å². The molecule has 1 aliphatic carbocycles. The maximum Gasteiger partial charge on any atom is 0.243 e. The summed E-state index contributed by atoms with van der Waals surface area (Å²) in [5.41, 5.74) is 1.03. The second-order valence-corrected chi connectivity index (χ2v) is 9.81. The molecular formula is C25H39N5O4. The highest BCUT2D eigenvalue weighted by Crippen LogP contribution is 2.33. The van der Waals surface area contributed by atoms with E-state index in [0.29, 0.717) is 26.1 Å². The van der Waals surface area contributed by atoms with Crippen molar-refractivity contribution in [2.75, 3.05) is 26.7 Å². The van der Waals surface area contributed by atoms with E-state index in [1.807, 2.05) is 19.9 Å². The van der Waals surface area contributed by atoms with Crippen LogP contribution in [0, 0.1) is 11.8 Å². The van der Waals surface area contributed by atoms with Gasteiger partial charge >= 0.3 is 0 Å². The number of pyridine rings is 1. The largest absolute Gasteiger partial charge is 0.490 e. The third kappa shape index (κ3) is 7.16. The maximum absolute atomic E-state index is 13.3. The number of carbonyl (C=O) groups is 3. The highest BCUT2D eigenvalue weighted by molar-refractivity contribution is 5.93. The van der Waals surface area contributed by atoms with Crippen molar-refractivity contribution in [2.24, 2.45) is 11.8 Å². The van der Waals surface area contributed by atoms with E-state index >= 15 is 0 Å². The number of aryl methyl sites for hydroxylation is 1. The molecule has 3 N–H and O–H groups in total. The van der Waals surface area contributed by atoms with Gasteiger partial charge in [0.15, 0.2) is 0 Å². The zero-order valence-corrected chi connectivity index (χ0v) is 20.8. The van der Waals surface area contributed by atoms with Crippen LogP contribution in [-0.2, 0) is 20.8 Å². The fraction of sp³-hybridized carbons (Fsp3) is 0.680. The van der Waals surface area contributed by atoms with Crippen molar-refractivity contribution in [1.29, 1.82) is 0 Å². The van der Waals surface area contributed by atoms with E-state index in [-0.39, 0.29) is 35.6 Å². The predicted octanol–water partition coefficient (Wildman–Crippen LogP) is 1.27. The number of carbonyl (C=O) groups excluding carboxylic acids is 3. The van der Waals surface area contributed by atoms with E-state index in [1.54, 1.807) is 26.4 Å². The van der Waals surface area contributed by atoms with Crippen LogP contribution >= 0.6 is 0 Å². The molecule has 0 saturated heterocycles. The summed E-state index contributed by atoms with van der Waals surface area (Å²) < 4.78 is 5.96. The zero-order valence-electron chi connectivity index (χ0n) is 20.8. The lowest BCUT2D eigenvalue weighted by molar-refractivity contribution is -0.141. The normalized spacial score (nSPS) is 26.1. The molecule has 9 heteroatoms. The molecule has 1 aromatic heterocycles. The highest BCUT2D eigenvalue weighted by Gasteiger charge is 2.39. The summed E-state index contributed by atoms with van der Waals surface area (Å²) in [7, 11) is 1.65. The van der Waals surface area contributed by atoms with Crippen LogP contribution in [-0.4, -0.2) is 72.5 Å². The predicted molar refractivity (Wildman–Crippen MR) is 129 cm³/mol. The number of ether oxygens (including phenoxy) is 1. The summed E-state index contributed by atoms with van der Waals surface area (Å²) in [5, 5.41) is 9.18. The Bertz CT molecular complexity index is 857. The molecule has 3 atom stereocenters. The Morgan fingerprint density at radius 1 is 1.18 bits per heavy atom. The molecule has 2 aliphatic rings. The van der Waals surface area contributed by atoms with Crippen molar-refractivity contribution >= 4 is 17.7 Å². The van der Waals surface area contributed by atoms with Crippen LogP contribution in [0.15, 0.2) is 18.5 Å². The van der Waals surface area contributed by atoms with E-state index in [1.165, 1.54) is 4.90 Å². The number of likely N-dealkylation sites (N-methyl/N-ethyl adjacent to an activating group) is 1. The minimum Gasteiger partial charge on any atom is -0.490 e. The lowest BCUT2D eigenvalue weighted by atomic mass is 10.0. The molecule has 0 aromatic carbocycles. The highest BCUT2D eigenvalue weighted by atomic mass is 16.5. The molecule has 34 heavy (non-hydrogen) atoms. The number of hydrogen-bond donors (Lipinski definition) is 3. The summed E-state index contributed by atoms with van der Waals surface area (Å²) in [6.07, 6.45) is 7.42. The Balaban J connectivity index is 1.78. The number of nitrogens with zero attached hydrogens (tertiary/aromatic N) is 2. The Labute approximate surface area is 202 Å². The third-order valence-corrected chi connectivity index (χ3v) is 6.52. The first kappa shape index (κ1) is 25.9. The number of nitrogens with one attached hydrogen (secondary N) is 3. The molecule has 3 rings (SSSR count). The van der Waals surface area contributed by atoms with E-state index < -0.39 is 12.1 Å². The number of hydrogen-bond acceptors (Lipinski definition) is 6. The molecule has 0 unspecified atom stereocenters. The van der Waals surface area contributed by atoms with Gasteiger partial charge in [-0.2, -0.15) is 0 Å². The minimum atomic E-state index is -0.689. The fourth-order valence-corrected chi connectivity index (χ4v) is 4.20. The number of aromatic nitrogens is 1. The van der Waals surface area contributed by atoms with Gasteiger partial charge < -0.3 is 25.6 Å². The Hall–Kier alpha value is -2.68. The van der Waals surface area contributed by atoms with Gasteiger partial charge in [0, 0.05) is 26.3 Å². The van der Waals surface area contributed by atoms with Crippen LogP contribution in [0.25, 0.3) is 0 Å². The second-order valence-electron chi connectivity index (χ2n) is 9.81. The minimum absolute atomic E-state index is 0.113. The van der Waals surface area contributed by atoms with Crippen molar-refractivity contribution in [3.8, 4) is 5.75 Å². The molecule has 0 spiro atoms. The average Bonchev–Trinajstić information content (AvgIpc) is 3.65. The first-order chi connectivity index (χ1) is 16.3. The lowest BCUT2D eigenvalue weighted by Gasteiger charge is -2.30. The number of rotatable bonds is 3. The van der Waals surface area contributed by atoms with Crippen molar-refractivity contribution in [1.82, 2.24) is 25.8 Å². The lowest BCUT2D eigenvalue weighted by Crippen LogP contribution is -2.56. The molecule has 3 amide bonds. The van der Waals surface area contributed by atoms with Crippen LogP contribution in [0.1, 0.15) is 52.0 Å². The Morgan fingerprint density at radius 2 is 1.94 bits per heavy atom. The van der Waals surface area contributed by atoms with Gasteiger partial charge in [0.2, 0.25) is 17.7 Å². The Morgan fingerprint density at radius 3 is 2.65 bits per heavy atom. The van der Waals surface area contributed by atoms with Crippen LogP contribution in [0.4, 0.5) is 0 Å². The standard InChI is InChI=1S/C25H39N5O4/c1-16(2)14-20-24(32)28-10-5-6-18-9-11-26-15-21(18)34-13-12-27-22(19-7-8-19)25(33)30(4)17(3)23(31)29-20/h9,11,15-17,19-20,22,27H,5-8,10,12-14H2,1-4H3,(H,28,32)(H,29,31)/t17-,20-,22+/m1/s1. The van der Waals surface area contributed by atoms with Crippen LogP contribution in [0.2, 0.25) is 0 Å². The topological polar surface area (TPSA) is 113 Å². The summed E-state index contributed by atoms with van der Waals surface area (Å²) in [5.74, 6) is 0.581. The van der Waals surface area contributed by atoms with E-state index in [2.05, 4.69) is 20.9 Å². The molecular weight excluding hydrogens is 434 g/mol. The molecule has 1 fully saturated rings. The summed E-state index contributed by atoms with van der Waals surface area (Å²) in [6.45, 7) is 7.14. The van der Waals surface area contributed by atoms with Gasteiger partial charge in [-0.3, -0.25) is 19.4 Å². The summed E-state index contributed by atoms with van der Waals surface area (Å²) in [6, 6.07) is 0.240. The fourth-order valence-electron chi connectivity index (χ4n) is 4.20. The van der Waals surface area contributed by atoms with Gasteiger partial charge in [0.25, 0.3) is 0 Å². The third-order valence-electron chi connectivity index (χ3n) is 6.52. The van der Waals surface area contributed by atoms with Gasteiger partial charge in [-0.05, 0) is 62.5 Å². The smallest absolute Gasteiger partial charge is 0.243 e. The van der Waals surface area contributed by atoms with Crippen molar-refractivity contribution in [3.05, 3.63) is 24.0 Å². The van der Waals surface area contributed by atoms with Crippen molar-refractivity contribution in [2.45, 2.75) is 71.0 Å². The number of fused-ring (bicyclic) bond motifs is 1. The molecule has 9 nitrogen and oxygen atoms in total. The van der Waals surface area contributed by atoms with Gasteiger partial charge in [-0.15, -0.1) is 0 Å². The van der Waals surface area contributed by atoms with Gasteiger partial charge in [-0.25, -0.2) is 0 Å². The molecule has 0 radical (unpaired) electrons. The van der Waals surface area contributed by atoms with Gasteiger partial charge in [-0.1, -0.05) is 13.8 Å². The van der Waals surface area contributed by atoms with Crippen LogP contribution in [0.5, 0.6) is 5.75 Å². The Kier molecular flexibility index (Phi) is 9.27. The van der Waals surface area contributed by atoms with Gasteiger partial charge in [0.05, 0.1) is 12.2 Å². The van der Waals surface area contributed by atoms with E-state index in [4.69, 9.17) is 4.74 Å². The first-order valence-electron chi connectivity index (χ1n) is 12.4. The van der Waals surface area contributed by atoms with E-state index in [0.717, 1.165) is 37.0 Å². The summed E-state index contributed by atoms with van der Waals surface area (Å²) in [4.78, 5) is 44.8. The van der Waals surface area contributed by atoms with Crippen molar-refractivity contribution in [3.63, 3.8) is 0 Å². The van der Waals surface area contributed by atoms with Gasteiger partial charge in [0.1, 0.15) is 24.4 Å². The SMILES string of the molecule is CC(C)C[C@H]1NC(=O)[C@@H](C)N(C)C(=O)[C@H](C2CC2)NCCOc2cnccc2CCCNC1=O. The second kappa shape index (κ2) is 12.1. The molecule has 1 aliphatic heterocycles. The average molecular weight is 474 g/mol. The summed E-state index contributed by atoms with van der Waals surface area (Å²) >= 11 is 0. The zero-order chi connectivity index (χ0) is 24.7. The molecule has 1 aromatic rings. The molecule has 1 saturated carbocycles. The monoisotopic (exact) mass is 473 g/mol. The molecule has 0 bridgehead atoms. The first-order valence-corrected chi connectivity index (χ1v) is 12.4. The van der Waals surface area contributed by atoms with E-state index in [9.17, 15) is 14.4 Å². The molecule has 188 valence electrons. The molecule has 2 heterocycles. The van der Waals surface area contributed by atoms with Crippen molar-refractivity contribution < 1.29 is 19.1 Å².